The Labute approximate surface area is 446 Å². The Morgan fingerprint density at radius 3 is 1.24 bits per heavy atom. The van der Waals surface area contributed by atoms with Crippen LogP contribution in [0.1, 0.15) is 154 Å². The number of amides is 4. The molecule has 74 heavy (non-hydrogen) atoms. The first-order valence-electron chi connectivity index (χ1n) is 26.5. The van der Waals surface area contributed by atoms with Crippen LogP contribution in [0, 0.1) is 34.5 Å². The molecule has 8 atom stereocenters. The van der Waals surface area contributed by atoms with E-state index in [4.69, 9.17) is 23.2 Å². The minimum atomic E-state index is -1.09. The van der Waals surface area contributed by atoms with E-state index in [0.29, 0.717) is 61.9 Å². The smallest absolute Gasteiger partial charge is 0.245 e. The summed E-state index contributed by atoms with van der Waals surface area (Å²) in [7, 11) is 3.64. The average Bonchev–Trinajstić information content (AvgIpc) is 4.01. The topological polar surface area (TPSA) is 226 Å². The Morgan fingerprint density at radius 1 is 0.595 bits per heavy atom. The maximum atomic E-state index is 13.7. The van der Waals surface area contributed by atoms with Crippen molar-refractivity contribution in [3.63, 3.8) is 0 Å². The van der Waals surface area contributed by atoms with Crippen LogP contribution in [-0.4, -0.2) is 122 Å². The third-order valence-electron chi connectivity index (χ3n) is 16.8. The lowest BCUT2D eigenvalue weighted by molar-refractivity contribution is -0.157. The molecule has 8 rings (SSSR count). The molecule has 18 nitrogen and oxygen atoms in total. The van der Waals surface area contributed by atoms with Crippen LogP contribution >= 0.6 is 23.2 Å². The van der Waals surface area contributed by atoms with Crippen molar-refractivity contribution in [2.75, 3.05) is 26.2 Å². The molecule has 0 bridgehead atoms. The second kappa shape index (κ2) is 23.1. The summed E-state index contributed by atoms with van der Waals surface area (Å²) < 4.78 is 3.35. The van der Waals surface area contributed by atoms with Gasteiger partial charge < -0.3 is 30.6 Å². The minimum absolute atomic E-state index is 0.0704. The lowest BCUT2D eigenvalue weighted by atomic mass is 9.66. The molecule has 4 fully saturated rings. The molecule has 4 amide bonds. The molecule has 2 aliphatic carbocycles. The van der Waals surface area contributed by atoms with Crippen LogP contribution < -0.4 is 10.6 Å². The second-order valence-electron chi connectivity index (χ2n) is 23.4. The van der Waals surface area contributed by atoms with Crippen molar-refractivity contribution < 1.29 is 29.4 Å². The molecule has 404 valence electrons. The van der Waals surface area contributed by atoms with Crippen LogP contribution in [0.4, 0.5) is 0 Å². The van der Waals surface area contributed by atoms with E-state index < -0.39 is 34.1 Å². The zero-order valence-corrected chi connectivity index (χ0v) is 46.4. The molecule has 20 heteroatoms. The maximum absolute atomic E-state index is 13.7. The highest BCUT2D eigenvalue weighted by atomic mass is 35.5. The summed E-state index contributed by atoms with van der Waals surface area (Å²) in [6.45, 7) is 17.3. The summed E-state index contributed by atoms with van der Waals surface area (Å²) >= 11 is 12.1. The Kier molecular flexibility index (Phi) is 17.7. The SMILES string of the molecule is CC(C)[C@@H](NC(=O)[C@@H]1CCC[C@H](c2nnnn2C)C1)C(=O)N1CC[C@](O)(c2ccc(Cl)cc2)C(C)(C)C1.CC(C)[C@@H](NC(=O)[C@H]1CCC[C@@H](c2nnnn2C)C1)C(=O)N1CC[C@](O)(c2ccc(Cl)cc2)C(C)(C)C1. The molecular weight excluding hydrogens is 984 g/mol. The summed E-state index contributed by atoms with van der Waals surface area (Å²) in [4.78, 5) is 57.7. The molecule has 4 N–H and O–H groups in total. The quantitative estimate of drug-likeness (QED) is 0.114. The van der Waals surface area contributed by atoms with Crippen molar-refractivity contribution in [3.8, 4) is 0 Å². The van der Waals surface area contributed by atoms with E-state index in [0.717, 1.165) is 61.3 Å². The Balaban J connectivity index is 0.000000216. The van der Waals surface area contributed by atoms with Gasteiger partial charge in [0.25, 0.3) is 0 Å². The number of piperidine rings is 2. The van der Waals surface area contributed by atoms with E-state index in [1.165, 1.54) is 0 Å². The largest absolute Gasteiger partial charge is 0.384 e. The van der Waals surface area contributed by atoms with Crippen molar-refractivity contribution in [2.45, 2.75) is 155 Å². The standard InChI is InChI=1S/2C27H39ClN6O3/c2*1-17(2)22(29-24(35)19-8-6-7-18(15-19)23-30-31-32-33(23)5)25(36)34-14-13-27(37,26(3,4)16-34)20-9-11-21(28)12-10-20/h2*9-12,17-19,22,37H,6-8,13-16H2,1-5H3,(H,29,35)/t18-,19+,22+,27-;18-,19+,22-,27+/m01/s1. The average molecular weight is 1060 g/mol. The van der Waals surface area contributed by atoms with E-state index in [1.807, 2.05) is 93.8 Å². The van der Waals surface area contributed by atoms with Gasteiger partial charge in [0.15, 0.2) is 11.6 Å². The molecule has 2 saturated heterocycles. The number of hydrogen-bond acceptors (Lipinski definition) is 12. The van der Waals surface area contributed by atoms with Gasteiger partial charge >= 0.3 is 0 Å². The van der Waals surface area contributed by atoms with E-state index >= 15 is 0 Å². The molecule has 4 aromatic rings. The number of carbonyl (C=O) groups excluding carboxylic acids is 4. The van der Waals surface area contributed by atoms with Gasteiger partial charge in [0.2, 0.25) is 23.6 Å². The summed E-state index contributed by atoms with van der Waals surface area (Å²) in [5.41, 5.74) is -1.77. The molecule has 2 saturated carbocycles. The van der Waals surface area contributed by atoms with Crippen LogP contribution in [0.2, 0.25) is 10.0 Å². The van der Waals surface area contributed by atoms with Gasteiger partial charge in [0.1, 0.15) is 12.1 Å². The number of nitrogens with zero attached hydrogens (tertiary/aromatic N) is 10. The van der Waals surface area contributed by atoms with Gasteiger partial charge in [-0.25, -0.2) is 9.36 Å². The minimum Gasteiger partial charge on any atom is -0.384 e. The van der Waals surface area contributed by atoms with Crippen molar-refractivity contribution in [3.05, 3.63) is 81.4 Å². The number of rotatable bonds is 12. The molecule has 0 radical (unpaired) electrons. The highest BCUT2D eigenvalue weighted by Crippen LogP contribution is 2.48. The van der Waals surface area contributed by atoms with Crippen molar-refractivity contribution in [1.82, 2.24) is 60.8 Å². The normalized spacial score (nSPS) is 26.6. The molecule has 0 unspecified atom stereocenters. The van der Waals surface area contributed by atoms with E-state index in [2.05, 4.69) is 41.7 Å². The number of nitrogens with one attached hydrogen (secondary N) is 2. The van der Waals surface area contributed by atoms with Crippen LogP contribution in [0.15, 0.2) is 48.5 Å². The third kappa shape index (κ3) is 12.1. The predicted molar refractivity (Wildman–Crippen MR) is 281 cm³/mol. The number of tetrazole rings is 2. The van der Waals surface area contributed by atoms with Gasteiger partial charge in [-0.2, -0.15) is 0 Å². The Hall–Kier alpha value is -5.04. The zero-order valence-electron chi connectivity index (χ0n) is 44.9. The van der Waals surface area contributed by atoms with Crippen LogP contribution in [0.5, 0.6) is 0 Å². The second-order valence-corrected chi connectivity index (χ2v) is 24.3. The van der Waals surface area contributed by atoms with Crippen LogP contribution in [0.3, 0.4) is 0 Å². The first-order chi connectivity index (χ1) is 34.9. The fourth-order valence-electron chi connectivity index (χ4n) is 12.0. The Morgan fingerprint density at radius 2 is 0.946 bits per heavy atom. The van der Waals surface area contributed by atoms with E-state index in [1.54, 1.807) is 43.4 Å². The molecule has 2 aromatic carbocycles. The number of benzene rings is 2. The van der Waals surface area contributed by atoms with Gasteiger partial charge in [-0.15, -0.1) is 10.2 Å². The molecule has 2 aliphatic heterocycles. The fraction of sp³-hybridized carbons (Fsp3) is 0.667. The molecule has 2 aromatic heterocycles. The first kappa shape index (κ1) is 56.7. The van der Waals surface area contributed by atoms with Crippen LogP contribution in [0.25, 0.3) is 0 Å². The number of hydrogen-bond donors (Lipinski definition) is 4. The van der Waals surface area contributed by atoms with Gasteiger partial charge in [-0.05, 0) is 119 Å². The number of aryl methyl sites for hydroxylation is 2. The highest BCUT2D eigenvalue weighted by Gasteiger charge is 2.52. The number of halogens is 2. The van der Waals surface area contributed by atoms with E-state index in [-0.39, 0.29) is 59.1 Å². The predicted octanol–water partition coefficient (Wildman–Crippen LogP) is 6.85. The summed E-state index contributed by atoms with van der Waals surface area (Å²) in [6.07, 6.45) is 7.46. The van der Waals surface area contributed by atoms with Gasteiger partial charge in [-0.3, -0.25) is 19.2 Å². The Bertz CT molecular complexity index is 2410. The van der Waals surface area contributed by atoms with Crippen molar-refractivity contribution >= 4 is 46.8 Å². The number of likely N-dealkylation sites (tertiary alicyclic amines) is 2. The summed E-state index contributed by atoms with van der Waals surface area (Å²) in [5, 5.41) is 54.4. The zero-order chi connectivity index (χ0) is 53.9. The third-order valence-corrected chi connectivity index (χ3v) is 17.3. The van der Waals surface area contributed by atoms with E-state index in [9.17, 15) is 29.4 Å². The maximum Gasteiger partial charge on any atom is 0.245 e. The van der Waals surface area contributed by atoms with Gasteiger partial charge in [0.05, 0.1) is 11.2 Å². The highest BCUT2D eigenvalue weighted by molar-refractivity contribution is 6.30. The fourth-order valence-corrected chi connectivity index (χ4v) is 12.2. The van der Waals surface area contributed by atoms with Gasteiger partial charge in [0, 0.05) is 84.8 Å². The number of aliphatic hydroxyl groups is 2. The molecular formula is C54H78Cl2N12O6. The van der Waals surface area contributed by atoms with Crippen LogP contribution in [-0.2, 0) is 44.5 Å². The van der Waals surface area contributed by atoms with Crippen molar-refractivity contribution in [2.24, 2.45) is 48.6 Å². The summed E-state index contributed by atoms with van der Waals surface area (Å²) in [6, 6.07) is 13.3. The number of carbonyl (C=O) groups is 4. The van der Waals surface area contributed by atoms with Gasteiger partial charge in [-0.1, -0.05) is 116 Å². The first-order valence-corrected chi connectivity index (χ1v) is 27.2. The molecule has 4 aliphatic rings. The summed E-state index contributed by atoms with van der Waals surface area (Å²) in [5.74, 6) is 1.00. The molecule has 4 heterocycles. The molecule has 0 spiro atoms. The monoisotopic (exact) mass is 1060 g/mol. The lowest BCUT2D eigenvalue weighted by Gasteiger charge is -2.51. The lowest BCUT2D eigenvalue weighted by Crippen LogP contribution is -2.60. The number of aromatic nitrogens is 8. The van der Waals surface area contributed by atoms with Crippen molar-refractivity contribution in [1.29, 1.82) is 0 Å².